The minimum absolute atomic E-state index is 0.00152. The van der Waals surface area contributed by atoms with Gasteiger partial charge in [0.2, 0.25) is 0 Å². The Labute approximate surface area is 255 Å². The van der Waals surface area contributed by atoms with E-state index >= 15 is 0 Å². The molecule has 1 N–H and O–H groups in total. The molecule has 13 heteroatoms. The van der Waals surface area contributed by atoms with Crippen molar-refractivity contribution >= 4 is 23.2 Å². The summed E-state index contributed by atoms with van der Waals surface area (Å²) >= 11 is 5.79. The van der Waals surface area contributed by atoms with Crippen molar-refractivity contribution in [1.29, 1.82) is 0 Å². The number of hydrogen-bond acceptors (Lipinski definition) is 5. The molecule has 1 atom stereocenters. The molecule has 228 valence electrons. The first-order chi connectivity index (χ1) is 20.8. The first-order valence-electron chi connectivity index (χ1n) is 14.1. The minimum Gasteiger partial charge on any atom is -0.330 e. The van der Waals surface area contributed by atoms with Crippen molar-refractivity contribution in [3.63, 3.8) is 0 Å². The molecule has 0 spiro atoms. The van der Waals surface area contributed by atoms with E-state index in [2.05, 4.69) is 34.1 Å². The van der Waals surface area contributed by atoms with Crippen molar-refractivity contribution in [2.75, 3.05) is 0 Å². The van der Waals surface area contributed by atoms with Gasteiger partial charge in [-0.15, -0.1) is 10.2 Å². The SMILES string of the molecule is Cc1nnc(-c2ccc(-n3c(=O)c4c(n5ncc(CC(C)C)c35)CN(C(=O)c3ccc(Cl)c(C(F)(F)F)c3)[C@@H](C)C4)cc2)[nH]1. The van der Waals surface area contributed by atoms with Crippen LogP contribution in [0.5, 0.6) is 0 Å². The molecule has 1 aliphatic rings. The molecule has 2 aromatic carbocycles. The van der Waals surface area contributed by atoms with Crippen LogP contribution in [0.15, 0.2) is 53.5 Å². The second-order valence-electron chi connectivity index (χ2n) is 11.6. The molecule has 4 heterocycles. The average molecular weight is 624 g/mol. The number of aryl methyl sites for hydroxylation is 1. The van der Waals surface area contributed by atoms with Gasteiger partial charge in [-0.2, -0.15) is 18.3 Å². The van der Waals surface area contributed by atoms with E-state index < -0.39 is 28.7 Å². The average Bonchev–Trinajstić information content (AvgIpc) is 3.59. The highest BCUT2D eigenvalue weighted by Gasteiger charge is 2.36. The predicted octanol–water partition coefficient (Wildman–Crippen LogP) is 6.04. The van der Waals surface area contributed by atoms with Crippen molar-refractivity contribution in [3.8, 4) is 17.1 Å². The summed E-state index contributed by atoms with van der Waals surface area (Å²) in [6, 6.07) is 10.1. The van der Waals surface area contributed by atoms with Gasteiger partial charge >= 0.3 is 6.18 Å². The lowest BCUT2D eigenvalue weighted by molar-refractivity contribution is -0.137. The molecule has 5 aromatic rings. The van der Waals surface area contributed by atoms with E-state index in [9.17, 15) is 22.8 Å². The summed E-state index contributed by atoms with van der Waals surface area (Å²) < 4.78 is 44.0. The van der Waals surface area contributed by atoms with E-state index in [1.165, 1.54) is 11.0 Å². The van der Waals surface area contributed by atoms with E-state index in [4.69, 9.17) is 11.6 Å². The zero-order chi connectivity index (χ0) is 31.5. The Kier molecular flexibility index (Phi) is 7.35. The van der Waals surface area contributed by atoms with Gasteiger partial charge in [-0.25, -0.2) is 4.52 Å². The molecule has 0 unspecified atom stereocenters. The molecule has 1 aliphatic heterocycles. The molecular formula is C31H29ClF3N7O2. The Morgan fingerprint density at radius 3 is 2.50 bits per heavy atom. The number of rotatable bonds is 5. The van der Waals surface area contributed by atoms with Gasteiger partial charge in [0, 0.05) is 28.3 Å². The lowest BCUT2D eigenvalue weighted by Gasteiger charge is -2.35. The summed E-state index contributed by atoms with van der Waals surface area (Å²) in [7, 11) is 0. The van der Waals surface area contributed by atoms with E-state index in [1.807, 2.05) is 31.2 Å². The number of halogens is 4. The Morgan fingerprint density at radius 1 is 1.14 bits per heavy atom. The Morgan fingerprint density at radius 2 is 1.86 bits per heavy atom. The van der Waals surface area contributed by atoms with Crippen molar-refractivity contribution in [2.45, 2.75) is 59.3 Å². The predicted molar refractivity (Wildman–Crippen MR) is 159 cm³/mol. The summed E-state index contributed by atoms with van der Waals surface area (Å²) in [6.45, 7) is 7.73. The molecule has 0 saturated heterocycles. The molecule has 0 aliphatic carbocycles. The van der Waals surface area contributed by atoms with Crippen LogP contribution in [-0.4, -0.2) is 46.2 Å². The maximum Gasteiger partial charge on any atom is 0.417 e. The van der Waals surface area contributed by atoms with Gasteiger partial charge < -0.3 is 9.88 Å². The number of carbonyl (C=O) groups excluding carboxylic acids is 1. The molecule has 0 fully saturated rings. The molecule has 0 saturated carbocycles. The Bertz CT molecular complexity index is 1960. The van der Waals surface area contributed by atoms with Crippen LogP contribution in [0.4, 0.5) is 13.2 Å². The summed E-state index contributed by atoms with van der Waals surface area (Å²) in [5, 5.41) is 12.3. The van der Waals surface area contributed by atoms with Gasteiger partial charge in [-0.05, 0) is 75.1 Å². The number of aromatic nitrogens is 6. The lowest BCUT2D eigenvalue weighted by atomic mass is 9.97. The maximum atomic E-state index is 14.3. The molecule has 0 bridgehead atoms. The van der Waals surface area contributed by atoms with Gasteiger partial charge in [0.25, 0.3) is 11.5 Å². The second kappa shape index (κ2) is 10.9. The van der Waals surface area contributed by atoms with Crippen LogP contribution in [0.1, 0.15) is 59.3 Å². The van der Waals surface area contributed by atoms with Gasteiger partial charge in [0.05, 0.1) is 34.7 Å². The third-order valence-electron chi connectivity index (χ3n) is 7.85. The molecule has 6 rings (SSSR count). The largest absolute Gasteiger partial charge is 0.417 e. The normalized spacial score (nSPS) is 15.3. The minimum atomic E-state index is -4.71. The second-order valence-corrected chi connectivity index (χ2v) is 12.0. The number of H-pyrrole nitrogens is 1. The topological polar surface area (TPSA) is 101 Å². The van der Waals surface area contributed by atoms with E-state index in [-0.39, 0.29) is 30.0 Å². The van der Waals surface area contributed by atoms with E-state index in [1.54, 1.807) is 22.2 Å². The molecular weight excluding hydrogens is 595 g/mol. The molecule has 44 heavy (non-hydrogen) atoms. The van der Waals surface area contributed by atoms with Crippen LogP contribution < -0.4 is 5.56 Å². The fourth-order valence-electron chi connectivity index (χ4n) is 5.77. The standard InChI is InChI=1S/C31H29ClF3N7O2/c1-16(2)11-21-14-36-42-26-15-40(29(43)20-7-10-25(32)24(13-20)31(33,34)35)17(3)12-23(26)30(44)41(28(21)42)22-8-5-19(6-9-22)27-37-18(4)38-39-27/h5-10,13-14,16-17H,11-12,15H2,1-4H3,(H,37,38,39)/t17-/m0/s1. The number of fused-ring (bicyclic) bond motifs is 3. The highest BCUT2D eigenvalue weighted by atomic mass is 35.5. The number of nitrogens with one attached hydrogen (secondary N) is 1. The molecule has 3 aromatic heterocycles. The monoisotopic (exact) mass is 623 g/mol. The van der Waals surface area contributed by atoms with Crippen molar-refractivity contribution in [2.24, 2.45) is 5.92 Å². The van der Waals surface area contributed by atoms with Gasteiger partial charge in [0.15, 0.2) is 5.82 Å². The molecule has 1 amide bonds. The zero-order valence-corrected chi connectivity index (χ0v) is 25.2. The number of hydrogen-bond donors (Lipinski definition) is 1. The first-order valence-corrected chi connectivity index (χ1v) is 14.5. The maximum absolute atomic E-state index is 14.3. The summed E-state index contributed by atoms with van der Waals surface area (Å²) in [6.07, 6.45) is -2.12. The number of alkyl halides is 3. The van der Waals surface area contributed by atoms with Crippen molar-refractivity contribution in [3.05, 3.63) is 97.8 Å². The van der Waals surface area contributed by atoms with Crippen LogP contribution in [0.2, 0.25) is 5.02 Å². The van der Waals surface area contributed by atoms with Crippen LogP contribution in [0.25, 0.3) is 22.7 Å². The summed E-state index contributed by atoms with van der Waals surface area (Å²) in [5.74, 6) is 0.983. The quantitative estimate of drug-likeness (QED) is 0.257. The Balaban J connectivity index is 1.46. The number of amides is 1. The summed E-state index contributed by atoms with van der Waals surface area (Å²) in [4.78, 5) is 32.5. The third kappa shape index (κ3) is 5.17. The lowest BCUT2D eigenvalue weighted by Crippen LogP contribution is -2.46. The first kappa shape index (κ1) is 29.6. The zero-order valence-electron chi connectivity index (χ0n) is 24.4. The molecule has 9 nitrogen and oxygen atoms in total. The van der Waals surface area contributed by atoms with Crippen LogP contribution in [-0.2, 0) is 25.6 Å². The highest BCUT2D eigenvalue weighted by Crippen LogP contribution is 2.36. The van der Waals surface area contributed by atoms with Crippen LogP contribution in [0, 0.1) is 12.8 Å². The van der Waals surface area contributed by atoms with Gasteiger partial charge in [0.1, 0.15) is 11.5 Å². The van der Waals surface area contributed by atoms with E-state index in [0.717, 1.165) is 23.3 Å². The van der Waals surface area contributed by atoms with Crippen molar-refractivity contribution in [1.82, 2.24) is 34.3 Å². The Hall–Kier alpha value is -4.45. The van der Waals surface area contributed by atoms with E-state index in [0.29, 0.717) is 40.7 Å². The van der Waals surface area contributed by atoms with Crippen LogP contribution >= 0.6 is 11.6 Å². The molecule has 0 radical (unpaired) electrons. The summed E-state index contributed by atoms with van der Waals surface area (Å²) in [5.41, 5.74) is 2.48. The van der Waals surface area contributed by atoms with Crippen molar-refractivity contribution < 1.29 is 18.0 Å². The van der Waals surface area contributed by atoms with Gasteiger partial charge in [-0.1, -0.05) is 25.4 Å². The number of nitrogens with zero attached hydrogens (tertiary/aromatic N) is 6. The smallest absolute Gasteiger partial charge is 0.330 e. The third-order valence-corrected chi connectivity index (χ3v) is 8.18. The number of benzene rings is 2. The number of aromatic amines is 1. The van der Waals surface area contributed by atoms with Gasteiger partial charge in [-0.3, -0.25) is 14.2 Å². The van der Waals surface area contributed by atoms with Crippen LogP contribution in [0.3, 0.4) is 0 Å². The fraction of sp³-hybridized carbons (Fsp3) is 0.323. The number of carbonyl (C=O) groups is 1. The highest BCUT2D eigenvalue weighted by molar-refractivity contribution is 6.31. The fourth-order valence-corrected chi connectivity index (χ4v) is 5.99.